The van der Waals surface area contributed by atoms with Crippen LogP contribution in [0.3, 0.4) is 0 Å². The van der Waals surface area contributed by atoms with Crippen LogP contribution in [0.5, 0.6) is 0 Å². The smallest absolute Gasteiger partial charge is 0.349 e. The lowest BCUT2D eigenvalue weighted by Gasteiger charge is -2.25. The van der Waals surface area contributed by atoms with E-state index in [1.165, 1.54) is 12.8 Å². The first-order valence-corrected chi connectivity index (χ1v) is 10.1. The van der Waals surface area contributed by atoms with Crippen molar-refractivity contribution < 1.29 is 9.21 Å². The van der Waals surface area contributed by atoms with Crippen LogP contribution < -0.4 is 5.63 Å². The first-order chi connectivity index (χ1) is 14.0. The molecule has 2 aromatic heterocycles. The SMILES string of the molecule is Cn1cc(Cl)c(CN(CCN2CCCC2)C(=O)c2cc3ccccc3oc2=O)n1. The maximum Gasteiger partial charge on any atom is 0.349 e. The van der Waals surface area contributed by atoms with Gasteiger partial charge in [-0.05, 0) is 38.1 Å². The van der Waals surface area contributed by atoms with Gasteiger partial charge in [0.25, 0.3) is 5.91 Å². The number of carbonyl (C=O) groups is 1. The van der Waals surface area contributed by atoms with Gasteiger partial charge in [0.15, 0.2) is 0 Å². The van der Waals surface area contributed by atoms with E-state index in [4.69, 9.17) is 16.0 Å². The van der Waals surface area contributed by atoms with Crippen molar-refractivity contribution >= 4 is 28.5 Å². The summed E-state index contributed by atoms with van der Waals surface area (Å²) in [5, 5.41) is 5.56. The molecular formula is C21H23ClN4O3. The van der Waals surface area contributed by atoms with Crippen LogP contribution >= 0.6 is 11.6 Å². The fraction of sp³-hybridized carbons (Fsp3) is 0.381. The number of nitrogens with zero attached hydrogens (tertiary/aromatic N) is 4. The number of likely N-dealkylation sites (tertiary alicyclic amines) is 1. The first-order valence-electron chi connectivity index (χ1n) is 9.74. The molecule has 1 fully saturated rings. The second kappa shape index (κ2) is 8.39. The molecule has 1 amide bonds. The molecule has 0 N–H and O–H groups in total. The second-order valence-corrected chi connectivity index (χ2v) is 7.77. The Labute approximate surface area is 173 Å². The quantitative estimate of drug-likeness (QED) is 0.580. The highest BCUT2D eigenvalue weighted by Gasteiger charge is 2.24. The molecule has 0 bridgehead atoms. The standard InChI is InChI=1S/C21H23ClN4O3/c1-24-13-17(22)18(23-24)14-26(11-10-25-8-4-5-9-25)20(27)16-12-15-6-2-3-7-19(15)29-21(16)28/h2-3,6-7,12-13H,4-5,8-11,14H2,1H3. The van der Waals surface area contributed by atoms with Gasteiger partial charge in [0.1, 0.15) is 16.8 Å². The Morgan fingerprint density at radius 2 is 2.03 bits per heavy atom. The molecule has 7 nitrogen and oxygen atoms in total. The van der Waals surface area contributed by atoms with Gasteiger partial charge in [-0.1, -0.05) is 29.8 Å². The van der Waals surface area contributed by atoms with Crippen LogP contribution in [0.25, 0.3) is 11.0 Å². The molecule has 3 heterocycles. The molecule has 0 radical (unpaired) electrons. The molecular weight excluding hydrogens is 392 g/mol. The number of amides is 1. The zero-order chi connectivity index (χ0) is 20.4. The maximum absolute atomic E-state index is 13.3. The van der Waals surface area contributed by atoms with Crippen LogP contribution in [-0.4, -0.2) is 51.7 Å². The van der Waals surface area contributed by atoms with E-state index in [0.717, 1.165) is 19.6 Å². The lowest BCUT2D eigenvalue weighted by atomic mass is 10.1. The van der Waals surface area contributed by atoms with Crippen molar-refractivity contribution in [3.63, 3.8) is 0 Å². The number of carbonyl (C=O) groups excluding carboxylic acids is 1. The number of hydrogen-bond acceptors (Lipinski definition) is 5. The second-order valence-electron chi connectivity index (χ2n) is 7.36. The number of hydrogen-bond donors (Lipinski definition) is 0. The van der Waals surface area contributed by atoms with Crippen molar-refractivity contribution in [1.29, 1.82) is 0 Å². The van der Waals surface area contributed by atoms with E-state index in [1.54, 1.807) is 41.0 Å². The Morgan fingerprint density at radius 3 is 2.76 bits per heavy atom. The molecule has 8 heteroatoms. The van der Waals surface area contributed by atoms with Crippen LogP contribution in [0.15, 0.2) is 45.7 Å². The molecule has 29 heavy (non-hydrogen) atoms. The molecule has 1 aromatic carbocycles. The molecule has 1 aliphatic heterocycles. The van der Waals surface area contributed by atoms with Gasteiger partial charge in [0.2, 0.25) is 0 Å². The van der Waals surface area contributed by atoms with Crippen molar-refractivity contribution in [2.45, 2.75) is 19.4 Å². The number of halogens is 1. The van der Waals surface area contributed by atoms with Crippen molar-refractivity contribution in [1.82, 2.24) is 19.6 Å². The Kier molecular flexibility index (Phi) is 5.69. The Hall–Kier alpha value is -2.64. The largest absolute Gasteiger partial charge is 0.422 e. The van der Waals surface area contributed by atoms with E-state index >= 15 is 0 Å². The monoisotopic (exact) mass is 414 g/mol. The van der Waals surface area contributed by atoms with Crippen LogP contribution in [0, 0.1) is 0 Å². The normalized spacial score (nSPS) is 14.6. The third kappa shape index (κ3) is 4.36. The zero-order valence-corrected chi connectivity index (χ0v) is 17.1. The molecule has 1 aliphatic rings. The number of aryl methyl sites for hydroxylation is 1. The summed E-state index contributed by atoms with van der Waals surface area (Å²) in [6, 6.07) is 8.77. The van der Waals surface area contributed by atoms with E-state index < -0.39 is 5.63 Å². The third-order valence-corrected chi connectivity index (χ3v) is 5.55. The molecule has 3 aromatic rings. The van der Waals surface area contributed by atoms with Gasteiger partial charge in [-0.15, -0.1) is 0 Å². The summed E-state index contributed by atoms with van der Waals surface area (Å²) in [6.45, 7) is 3.53. The fourth-order valence-electron chi connectivity index (χ4n) is 3.70. The zero-order valence-electron chi connectivity index (χ0n) is 16.3. The molecule has 4 rings (SSSR count). The van der Waals surface area contributed by atoms with Gasteiger partial charge in [0.05, 0.1) is 11.6 Å². The predicted octanol–water partition coefficient (Wildman–Crippen LogP) is 2.92. The molecule has 0 unspecified atom stereocenters. The molecule has 0 spiro atoms. The molecule has 1 saturated heterocycles. The number of para-hydroxylation sites is 1. The van der Waals surface area contributed by atoms with Crippen molar-refractivity contribution in [2.75, 3.05) is 26.2 Å². The predicted molar refractivity (Wildman–Crippen MR) is 111 cm³/mol. The summed E-state index contributed by atoms with van der Waals surface area (Å²) in [7, 11) is 1.78. The van der Waals surface area contributed by atoms with Crippen molar-refractivity contribution in [2.24, 2.45) is 7.05 Å². The average Bonchev–Trinajstić information content (AvgIpc) is 3.33. The fourth-order valence-corrected chi connectivity index (χ4v) is 3.93. The van der Waals surface area contributed by atoms with Crippen LogP contribution in [0.4, 0.5) is 0 Å². The summed E-state index contributed by atoms with van der Waals surface area (Å²) in [5.74, 6) is -0.370. The van der Waals surface area contributed by atoms with Gasteiger partial charge in [-0.2, -0.15) is 5.10 Å². The van der Waals surface area contributed by atoms with Crippen LogP contribution in [0.2, 0.25) is 5.02 Å². The van der Waals surface area contributed by atoms with E-state index in [0.29, 0.717) is 28.2 Å². The minimum atomic E-state index is -0.632. The maximum atomic E-state index is 13.3. The molecule has 0 saturated carbocycles. The summed E-state index contributed by atoms with van der Waals surface area (Å²) in [4.78, 5) is 29.8. The summed E-state index contributed by atoms with van der Waals surface area (Å²) in [6.07, 6.45) is 4.05. The topological polar surface area (TPSA) is 71.6 Å². The number of aromatic nitrogens is 2. The highest BCUT2D eigenvalue weighted by Crippen LogP contribution is 2.19. The number of rotatable bonds is 6. The van der Waals surface area contributed by atoms with Gasteiger partial charge >= 0.3 is 5.63 Å². The molecule has 0 atom stereocenters. The van der Waals surface area contributed by atoms with Gasteiger partial charge < -0.3 is 14.2 Å². The summed E-state index contributed by atoms with van der Waals surface area (Å²) in [5.41, 5.74) is 0.462. The third-order valence-electron chi connectivity index (χ3n) is 5.24. The lowest BCUT2D eigenvalue weighted by Crippen LogP contribution is -2.39. The minimum absolute atomic E-state index is 0.0252. The molecule has 152 valence electrons. The molecule has 0 aliphatic carbocycles. The van der Waals surface area contributed by atoms with E-state index in [2.05, 4.69) is 10.00 Å². The van der Waals surface area contributed by atoms with E-state index in [9.17, 15) is 9.59 Å². The van der Waals surface area contributed by atoms with Gasteiger partial charge in [-0.25, -0.2) is 4.79 Å². The Balaban J connectivity index is 1.63. The van der Waals surface area contributed by atoms with Crippen molar-refractivity contribution in [3.05, 3.63) is 63.2 Å². The number of benzene rings is 1. The average molecular weight is 415 g/mol. The van der Waals surface area contributed by atoms with Crippen molar-refractivity contribution in [3.8, 4) is 0 Å². The highest BCUT2D eigenvalue weighted by molar-refractivity contribution is 6.31. The summed E-state index contributed by atoms with van der Waals surface area (Å²) < 4.78 is 6.98. The Bertz CT molecular complexity index is 1080. The van der Waals surface area contributed by atoms with E-state index in [1.807, 2.05) is 12.1 Å². The minimum Gasteiger partial charge on any atom is -0.422 e. The van der Waals surface area contributed by atoms with Gasteiger partial charge in [-0.3, -0.25) is 9.48 Å². The summed E-state index contributed by atoms with van der Waals surface area (Å²) >= 11 is 6.26. The Morgan fingerprint density at radius 1 is 1.28 bits per heavy atom. The van der Waals surface area contributed by atoms with Crippen LogP contribution in [0.1, 0.15) is 28.9 Å². The van der Waals surface area contributed by atoms with Crippen LogP contribution in [-0.2, 0) is 13.6 Å². The highest BCUT2D eigenvalue weighted by atomic mass is 35.5. The van der Waals surface area contributed by atoms with Gasteiger partial charge in [0, 0.05) is 31.7 Å². The first kappa shape index (κ1) is 19.7. The number of fused-ring (bicyclic) bond motifs is 1. The lowest BCUT2D eigenvalue weighted by molar-refractivity contribution is 0.0720. The van der Waals surface area contributed by atoms with E-state index in [-0.39, 0.29) is 18.0 Å².